The highest BCUT2D eigenvalue weighted by Gasteiger charge is 2.03. The number of rotatable bonds is 23. The van der Waals surface area contributed by atoms with Gasteiger partial charge >= 0.3 is 0 Å². The Bertz CT molecular complexity index is 448. The van der Waals surface area contributed by atoms with Gasteiger partial charge in [-0.15, -0.1) is 0 Å². The molecule has 0 aromatic heterocycles. The van der Waals surface area contributed by atoms with Gasteiger partial charge in [0.25, 0.3) is 0 Å². The van der Waals surface area contributed by atoms with Gasteiger partial charge in [-0.25, -0.2) is 8.42 Å². The summed E-state index contributed by atoms with van der Waals surface area (Å²) in [7, 11) is -3.60. The molecule has 0 aliphatic rings. The molecule has 1 unspecified atom stereocenters. The van der Waals surface area contributed by atoms with Gasteiger partial charge in [-0.05, 0) is 19.8 Å². The summed E-state index contributed by atoms with van der Waals surface area (Å²) in [6.45, 7) is 7.19. The number of aliphatic hydroxyl groups is 1. The maximum Gasteiger partial charge on any atom is 0.217 e. The molecule has 0 rings (SSSR count). The first kappa shape index (κ1) is 33.9. The minimum absolute atomic E-state index is 0.128. The summed E-state index contributed by atoms with van der Waals surface area (Å²) in [5, 5.41) is 11.1. The van der Waals surface area contributed by atoms with Crippen LogP contribution in [0.5, 0.6) is 0 Å². The largest absolute Gasteiger partial charge is 0.726 e. The van der Waals surface area contributed by atoms with Gasteiger partial charge < -0.3 is 19.7 Å². The van der Waals surface area contributed by atoms with E-state index in [-0.39, 0.29) is 12.7 Å². The molecule has 0 saturated heterocycles. The molecule has 8 heteroatoms. The van der Waals surface area contributed by atoms with E-state index in [1.54, 1.807) is 0 Å². The van der Waals surface area contributed by atoms with Gasteiger partial charge in [0.1, 0.15) is 12.6 Å². The van der Waals surface area contributed by atoms with E-state index in [1.807, 2.05) is 0 Å². The molecule has 32 heavy (non-hydrogen) atoms. The molecule has 0 spiro atoms. The third-order valence-corrected chi connectivity index (χ3v) is 5.87. The molecule has 0 fully saturated rings. The average molecular weight is 484 g/mol. The predicted molar refractivity (Wildman–Crippen MR) is 130 cm³/mol. The van der Waals surface area contributed by atoms with E-state index in [0.717, 1.165) is 13.7 Å². The lowest BCUT2D eigenvalue weighted by Crippen LogP contribution is -2.86. The van der Waals surface area contributed by atoms with Gasteiger partial charge in [0.05, 0.1) is 26.9 Å². The van der Waals surface area contributed by atoms with Crippen molar-refractivity contribution in [3.8, 4) is 0 Å². The molecule has 3 N–H and O–H groups in total. The van der Waals surface area contributed by atoms with E-state index in [4.69, 9.17) is 9.84 Å². The summed E-state index contributed by atoms with van der Waals surface area (Å²) in [6, 6.07) is 0. The molecule has 0 aromatic carbocycles. The van der Waals surface area contributed by atoms with Crippen LogP contribution in [0, 0.1) is 0 Å². The average Bonchev–Trinajstić information content (AvgIpc) is 2.76. The van der Waals surface area contributed by atoms with Crippen molar-refractivity contribution in [3.05, 3.63) is 0 Å². The maximum absolute atomic E-state index is 9.22. The molecule has 0 aliphatic heterocycles. The van der Waals surface area contributed by atoms with Crippen molar-refractivity contribution in [2.75, 3.05) is 33.4 Å². The smallest absolute Gasteiger partial charge is 0.217 e. The minimum atomic E-state index is -4.41. The zero-order chi connectivity index (χ0) is 24.3. The fraction of sp³-hybridized carbons (Fsp3) is 1.00. The van der Waals surface area contributed by atoms with Crippen LogP contribution in [0.4, 0.5) is 0 Å². The van der Waals surface area contributed by atoms with E-state index in [9.17, 15) is 13.0 Å². The molecular weight excluding hydrogens is 430 g/mol. The topological polar surface area (TPSA) is 112 Å². The zero-order valence-electron chi connectivity index (χ0n) is 21.2. The van der Waals surface area contributed by atoms with Crippen molar-refractivity contribution >= 4 is 10.4 Å². The van der Waals surface area contributed by atoms with Crippen LogP contribution in [-0.2, 0) is 19.3 Å². The van der Waals surface area contributed by atoms with Crippen molar-refractivity contribution in [3.63, 3.8) is 0 Å². The van der Waals surface area contributed by atoms with Gasteiger partial charge in [-0.3, -0.25) is 4.18 Å². The molecule has 0 bridgehead atoms. The number of hydrogen-bond acceptors (Lipinski definition) is 6. The summed E-state index contributed by atoms with van der Waals surface area (Å²) in [5.74, 6) is 0. The Labute approximate surface area is 199 Å². The van der Waals surface area contributed by atoms with Crippen LogP contribution in [0.1, 0.15) is 117 Å². The first-order valence-corrected chi connectivity index (χ1v) is 14.3. The van der Waals surface area contributed by atoms with Gasteiger partial charge in [0.2, 0.25) is 10.4 Å². The Morgan fingerprint density at radius 3 is 1.53 bits per heavy atom. The Morgan fingerprint density at radius 1 is 0.812 bits per heavy atom. The Morgan fingerprint density at radius 2 is 1.19 bits per heavy atom. The Balaban J connectivity index is 0. The quantitative estimate of drug-likeness (QED) is 0.127. The number of quaternary nitrogens is 1. The molecule has 0 amide bonds. The molecule has 0 aromatic rings. The summed E-state index contributed by atoms with van der Waals surface area (Å²) in [4.78, 5) is 0. The molecular formula is C24H53NO6S. The Kier molecular flexibility index (Phi) is 28.6. The maximum atomic E-state index is 9.22. The van der Waals surface area contributed by atoms with Crippen molar-refractivity contribution in [1.29, 1.82) is 0 Å². The van der Waals surface area contributed by atoms with Crippen LogP contribution in [0.25, 0.3) is 0 Å². The van der Waals surface area contributed by atoms with Crippen LogP contribution >= 0.6 is 0 Å². The highest BCUT2D eigenvalue weighted by molar-refractivity contribution is 7.80. The molecule has 196 valence electrons. The highest BCUT2D eigenvalue weighted by atomic mass is 32.3. The first-order chi connectivity index (χ1) is 15.4. The molecule has 0 saturated carbocycles. The van der Waals surface area contributed by atoms with Gasteiger partial charge in [-0.1, -0.05) is 96.8 Å². The standard InChI is InChI=1S/C23H49NO2.CH4O4S/c1-3-4-5-6-7-8-9-10-11-12-13-14-15-16-17-18-19-24-22-23(2)26-21-20-25;1-5-6(2,3)4/h23-25H,3-22H2,1-2H3;1H3,(H,2,3,4). The summed E-state index contributed by atoms with van der Waals surface area (Å²) in [6.07, 6.45) is 23.1. The SMILES string of the molecule is CCCCCCCCCCCCCCCCCC[NH2+]CC(C)OCCO.COS(=O)(=O)[O-]. The first-order valence-electron chi connectivity index (χ1n) is 12.9. The monoisotopic (exact) mass is 483 g/mol. The molecule has 0 radical (unpaired) electrons. The summed E-state index contributed by atoms with van der Waals surface area (Å²) < 4.78 is 36.5. The minimum Gasteiger partial charge on any atom is -0.726 e. The van der Waals surface area contributed by atoms with Crippen molar-refractivity contribution < 1.29 is 32.3 Å². The van der Waals surface area contributed by atoms with Crippen LogP contribution in [0.2, 0.25) is 0 Å². The van der Waals surface area contributed by atoms with Crippen molar-refractivity contribution in [2.24, 2.45) is 0 Å². The number of unbranched alkanes of at least 4 members (excludes halogenated alkanes) is 15. The van der Waals surface area contributed by atoms with Gasteiger partial charge in [-0.2, -0.15) is 0 Å². The number of ether oxygens (including phenoxy) is 1. The van der Waals surface area contributed by atoms with Crippen molar-refractivity contribution in [2.45, 2.75) is 123 Å². The zero-order valence-corrected chi connectivity index (χ0v) is 22.0. The van der Waals surface area contributed by atoms with Crippen LogP contribution in [-0.4, -0.2) is 57.6 Å². The van der Waals surface area contributed by atoms with Gasteiger partial charge in [0.15, 0.2) is 0 Å². The van der Waals surface area contributed by atoms with E-state index in [2.05, 4.69) is 23.3 Å². The third-order valence-electron chi connectivity index (χ3n) is 5.46. The van der Waals surface area contributed by atoms with Crippen LogP contribution in [0.15, 0.2) is 0 Å². The lowest BCUT2D eigenvalue weighted by Gasteiger charge is -2.10. The summed E-state index contributed by atoms with van der Waals surface area (Å²) >= 11 is 0. The Hall–Kier alpha value is -0.250. The lowest BCUT2D eigenvalue weighted by atomic mass is 10.0. The van der Waals surface area contributed by atoms with Crippen LogP contribution in [0.3, 0.4) is 0 Å². The van der Waals surface area contributed by atoms with E-state index >= 15 is 0 Å². The van der Waals surface area contributed by atoms with E-state index in [0.29, 0.717) is 6.61 Å². The molecule has 7 nitrogen and oxygen atoms in total. The molecule has 0 aliphatic carbocycles. The summed E-state index contributed by atoms with van der Waals surface area (Å²) in [5.41, 5.74) is 0. The second-order valence-electron chi connectivity index (χ2n) is 8.60. The van der Waals surface area contributed by atoms with Gasteiger partial charge in [0, 0.05) is 0 Å². The van der Waals surface area contributed by atoms with Crippen molar-refractivity contribution in [1.82, 2.24) is 0 Å². The highest BCUT2D eigenvalue weighted by Crippen LogP contribution is 2.13. The van der Waals surface area contributed by atoms with Crippen LogP contribution < -0.4 is 5.32 Å². The molecule has 1 atom stereocenters. The third kappa shape index (κ3) is 34.4. The fourth-order valence-corrected chi connectivity index (χ4v) is 3.51. The normalized spacial score (nSPS) is 12.4. The number of aliphatic hydroxyl groups excluding tert-OH is 1. The second kappa shape index (κ2) is 27.0. The van der Waals surface area contributed by atoms with E-state index in [1.165, 1.54) is 109 Å². The number of hydrogen-bond donors (Lipinski definition) is 2. The predicted octanol–water partition coefficient (Wildman–Crippen LogP) is 4.30. The second-order valence-corrected chi connectivity index (χ2v) is 9.75. The number of nitrogens with two attached hydrogens (primary N) is 1. The molecule has 0 heterocycles. The lowest BCUT2D eigenvalue weighted by molar-refractivity contribution is -0.661. The fourth-order valence-electron chi connectivity index (χ4n) is 3.51. The van der Waals surface area contributed by atoms with E-state index < -0.39 is 10.4 Å².